The van der Waals surface area contributed by atoms with Gasteiger partial charge in [-0.3, -0.25) is 4.79 Å². The molecule has 1 saturated heterocycles. The van der Waals surface area contributed by atoms with Crippen LogP contribution in [0.1, 0.15) is 13.2 Å². The van der Waals surface area contributed by atoms with E-state index in [-0.39, 0.29) is 0 Å². The molecule has 0 amide bonds. The van der Waals surface area contributed by atoms with Gasteiger partial charge in [0.1, 0.15) is 18.3 Å². The minimum Gasteiger partial charge on any atom is -0.455 e. The van der Waals surface area contributed by atoms with Crippen molar-refractivity contribution in [3.63, 3.8) is 0 Å². The highest BCUT2D eigenvalue weighted by atomic mass is 16.6. The van der Waals surface area contributed by atoms with Gasteiger partial charge in [-0.25, -0.2) is 4.68 Å². The van der Waals surface area contributed by atoms with Crippen LogP contribution in [0.2, 0.25) is 0 Å². The van der Waals surface area contributed by atoms with E-state index in [2.05, 4.69) is 10.3 Å². The van der Waals surface area contributed by atoms with E-state index in [1.807, 2.05) is 0 Å². The highest BCUT2D eigenvalue weighted by Gasteiger charge is 2.47. The first-order valence-corrected chi connectivity index (χ1v) is 5.70. The normalized spacial score (nSPS) is 35.1. The molecule has 0 aromatic carbocycles. The van der Waals surface area contributed by atoms with E-state index in [4.69, 9.17) is 14.6 Å². The number of aromatic nitrogens is 3. The molecule has 1 fully saturated rings. The van der Waals surface area contributed by atoms with Gasteiger partial charge in [0.2, 0.25) is 0 Å². The van der Waals surface area contributed by atoms with Crippen molar-refractivity contribution in [3.05, 3.63) is 12.4 Å². The first-order valence-electron chi connectivity index (χ1n) is 5.70. The lowest BCUT2D eigenvalue weighted by Gasteiger charge is -2.41. The lowest BCUT2D eigenvalue weighted by atomic mass is 9.98. The largest absolute Gasteiger partial charge is 0.455 e. The summed E-state index contributed by atoms with van der Waals surface area (Å²) < 4.78 is 11.6. The molecule has 19 heavy (non-hydrogen) atoms. The summed E-state index contributed by atoms with van der Waals surface area (Å²) in [6, 6.07) is 0. The van der Waals surface area contributed by atoms with Crippen LogP contribution < -0.4 is 0 Å². The van der Waals surface area contributed by atoms with Gasteiger partial charge in [0.15, 0.2) is 12.3 Å². The Balaban J connectivity index is 2.27. The quantitative estimate of drug-likeness (QED) is 0.530. The fourth-order valence-corrected chi connectivity index (χ4v) is 1.96. The fraction of sp³-hybridized carbons (Fsp3) is 0.700. The number of hydrogen-bond donors (Lipinski definition) is 3. The smallest absolute Gasteiger partial charge is 0.303 e. The summed E-state index contributed by atoms with van der Waals surface area (Å²) in [7, 11) is 0. The molecule has 1 aliphatic rings. The molecule has 0 radical (unpaired) electrons. The summed E-state index contributed by atoms with van der Waals surface area (Å²) in [6.07, 6.45) is -3.03. The van der Waals surface area contributed by atoms with Crippen molar-refractivity contribution in [1.29, 1.82) is 0 Å². The molecule has 0 saturated carbocycles. The number of carbonyl (C=O) groups excluding carboxylic acids is 1. The summed E-state index contributed by atoms with van der Waals surface area (Å²) in [5, 5.41) is 36.1. The summed E-state index contributed by atoms with van der Waals surface area (Å²) in [6.45, 7) is 0.686. The number of aliphatic hydroxyl groups is 3. The second kappa shape index (κ2) is 5.61. The molecule has 1 aromatic rings. The monoisotopic (exact) mass is 273 g/mol. The maximum Gasteiger partial charge on any atom is 0.303 e. The average molecular weight is 273 g/mol. The number of rotatable bonds is 3. The Morgan fingerprint density at radius 1 is 1.47 bits per heavy atom. The van der Waals surface area contributed by atoms with Crippen molar-refractivity contribution in [3.8, 4) is 0 Å². The zero-order valence-corrected chi connectivity index (χ0v) is 10.2. The summed E-state index contributed by atoms with van der Waals surface area (Å²) in [5.41, 5.74) is 0. The molecule has 9 heteroatoms. The second-order valence-electron chi connectivity index (χ2n) is 4.19. The molecule has 3 N–H and O–H groups in total. The maximum absolute atomic E-state index is 11.1. The predicted octanol–water partition coefficient (Wildman–Crippen LogP) is -2.18. The van der Waals surface area contributed by atoms with Crippen LogP contribution in [0.3, 0.4) is 0 Å². The van der Waals surface area contributed by atoms with Crippen LogP contribution in [0.5, 0.6) is 0 Å². The number of esters is 1. The van der Waals surface area contributed by atoms with Gasteiger partial charge < -0.3 is 24.8 Å². The maximum atomic E-state index is 11.1. The van der Waals surface area contributed by atoms with Crippen LogP contribution in [0.4, 0.5) is 0 Å². The van der Waals surface area contributed by atoms with E-state index in [0.29, 0.717) is 0 Å². The molecule has 1 aromatic heterocycles. The van der Waals surface area contributed by atoms with E-state index < -0.39 is 43.2 Å². The van der Waals surface area contributed by atoms with Crippen molar-refractivity contribution in [2.24, 2.45) is 0 Å². The average Bonchev–Trinajstić information content (AvgIpc) is 2.89. The number of ether oxygens (including phenoxy) is 2. The minimum atomic E-state index is -1.40. The third kappa shape index (κ3) is 2.73. The van der Waals surface area contributed by atoms with E-state index in [0.717, 1.165) is 0 Å². The molecule has 0 aliphatic carbocycles. The molecule has 0 unspecified atom stereocenters. The third-order valence-corrected chi connectivity index (χ3v) is 2.85. The Hall–Kier alpha value is -1.55. The van der Waals surface area contributed by atoms with Crippen LogP contribution in [-0.2, 0) is 14.3 Å². The zero-order valence-electron chi connectivity index (χ0n) is 10.2. The summed E-state index contributed by atoms with van der Waals surface area (Å²) in [4.78, 5) is 11.1. The van der Waals surface area contributed by atoms with Gasteiger partial charge in [-0.15, -0.1) is 5.10 Å². The first kappa shape index (κ1) is 13.9. The van der Waals surface area contributed by atoms with E-state index >= 15 is 0 Å². The summed E-state index contributed by atoms with van der Waals surface area (Å²) >= 11 is 0. The Labute approximate surface area is 108 Å². The van der Waals surface area contributed by atoms with Crippen molar-refractivity contribution in [1.82, 2.24) is 15.0 Å². The van der Waals surface area contributed by atoms with Crippen LogP contribution in [0, 0.1) is 0 Å². The van der Waals surface area contributed by atoms with E-state index in [1.54, 1.807) is 0 Å². The van der Waals surface area contributed by atoms with Gasteiger partial charge >= 0.3 is 5.97 Å². The Morgan fingerprint density at radius 2 is 2.21 bits per heavy atom. The number of hydrogen-bond acceptors (Lipinski definition) is 8. The van der Waals surface area contributed by atoms with Gasteiger partial charge in [0, 0.05) is 13.1 Å². The molecule has 0 spiro atoms. The third-order valence-electron chi connectivity index (χ3n) is 2.85. The summed E-state index contributed by atoms with van der Waals surface area (Å²) in [5.74, 6) is -0.632. The minimum absolute atomic E-state index is 0.490. The Bertz CT molecular complexity index is 425. The molecular formula is C10H15N3O6. The SMILES string of the molecule is CC(=O)O[C@@H]1[C@@H](O)[C@H](O)[C@@H](CO)O[C@H]1n1ccnn1. The van der Waals surface area contributed by atoms with Crippen LogP contribution >= 0.6 is 0 Å². The second-order valence-corrected chi connectivity index (χ2v) is 4.19. The number of aliphatic hydroxyl groups excluding tert-OH is 3. The molecule has 1 aliphatic heterocycles. The van der Waals surface area contributed by atoms with Gasteiger partial charge in [0.25, 0.3) is 0 Å². The molecule has 2 rings (SSSR count). The lowest BCUT2D eigenvalue weighted by Crippen LogP contribution is -2.57. The number of carbonyl (C=O) groups is 1. The standard InChI is InChI=1S/C10H15N3O6/c1-5(15)18-9-8(17)7(16)6(4-14)19-10(9)13-3-2-11-12-13/h2-3,6-10,14,16-17H,4H2,1H3/t6-,7-,8+,9-,10-/m1/s1. The van der Waals surface area contributed by atoms with Crippen LogP contribution in [0.25, 0.3) is 0 Å². The molecular weight excluding hydrogens is 258 g/mol. The van der Waals surface area contributed by atoms with Crippen molar-refractivity contribution >= 4 is 5.97 Å². The fourth-order valence-electron chi connectivity index (χ4n) is 1.96. The van der Waals surface area contributed by atoms with Crippen molar-refractivity contribution in [2.45, 2.75) is 37.6 Å². The first-order chi connectivity index (χ1) is 9.04. The van der Waals surface area contributed by atoms with E-state index in [1.165, 1.54) is 24.0 Å². The van der Waals surface area contributed by atoms with Gasteiger partial charge in [-0.2, -0.15) is 0 Å². The van der Waals surface area contributed by atoms with Gasteiger partial charge in [-0.1, -0.05) is 5.21 Å². The van der Waals surface area contributed by atoms with Crippen molar-refractivity contribution < 1.29 is 29.6 Å². The molecule has 2 heterocycles. The lowest BCUT2D eigenvalue weighted by molar-refractivity contribution is -0.260. The molecule has 106 valence electrons. The highest BCUT2D eigenvalue weighted by Crippen LogP contribution is 2.29. The number of nitrogens with zero attached hydrogens (tertiary/aromatic N) is 3. The van der Waals surface area contributed by atoms with Crippen LogP contribution in [-0.4, -0.2) is 67.3 Å². The van der Waals surface area contributed by atoms with Crippen molar-refractivity contribution in [2.75, 3.05) is 6.61 Å². The Morgan fingerprint density at radius 3 is 2.74 bits per heavy atom. The topological polar surface area (TPSA) is 127 Å². The molecule has 0 bridgehead atoms. The highest BCUT2D eigenvalue weighted by molar-refractivity contribution is 5.66. The van der Waals surface area contributed by atoms with E-state index in [9.17, 15) is 15.0 Å². The Kier molecular flexibility index (Phi) is 4.10. The van der Waals surface area contributed by atoms with Gasteiger partial charge in [-0.05, 0) is 0 Å². The van der Waals surface area contributed by atoms with Crippen LogP contribution in [0.15, 0.2) is 12.4 Å². The van der Waals surface area contributed by atoms with Gasteiger partial charge in [0.05, 0.1) is 12.8 Å². The zero-order chi connectivity index (χ0) is 14.0. The molecule has 5 atom stereocenters. The molecule has 9 nitrogen and oxygen atoms in total. The predicted molar refractivity (Wildman–Crippen MR) is 58.6 cm³/mol.